The van der Waals surface area contributed by atoms with E-state index in [1.807, 2.05) is 13.8 Å². The third kappa shape index (κ3) is 8.90. The van der Waals surface area contributed by atoms with Gasteiger partial charge in [0.1, 0.15) is 0 Å². The van der Waals surface area contributed by atoms with E-state index in [1.165, 1.54) is 0 Å². The first kappa shape index (κ1) is 15.6. The van der Waals surface area contributed by atoms with Crippen LogP contribution in [0.25, 0.3) is 0 Å². The number of allylic oxidation sites excluding steroid dienone is 1. The van der Waals surface area contributed by atoms with Crippen molar-refractivity contribution < 1.29 is 4.43 Å². The van der Waals surface area contributed by atoms with Gasteiger partial charge in [-0.25, -0.2) is 4.99 Å². The van der Waals surface area contributed by atoms with Gasteiger partial charge in [0.25, 0.3) is 0 Å². The van der Waals surface area contributed by atoms with E-state index in [9.17, 15) is 0 Å². The summed E-state index contributed by atoms with van der Waals surface area (Å²) in [6.07, 6.45) is 1.21. The SMILES string of the molecule is CC(C)=C=NC(C)(C)C[C@H](C)O[Si](C)(C)C. The van der Waals surface area contributed by atoms with Crippen LogP contribution in [0.1, 0.15) is 41.0 Å². The molecule has 0 aromatic carbocycles. The van der Waals surface area contributed by atoms with Gasteiger partial charge in [0.05, 0.1) is 5.54 Å². The van der Waals surface area contributed by atoms with Crippen molar-refractivity contribution >= 4 is 14.2 Å². The van der Waals surface area contributed by atoms with Crippen molar-refractivity contribution in [3.05, 3.63) is 5.57 Å². The topological polar surface area (TPSA) is 21.6 Å². The molecule has 0 bridgehead atoms. The molecule has 3 heteroatoms. The predicted octanol–water partition coefficient (Wildman–Crippen LogP) is 4.03. The standard InChI is InChI=1S/C13H27NOSi/c1-11(2)10-14-13(4,5)9-12(3)15-16(6,7)8/h12H,9H2,1-8H3/t12-/m0/s1. The fraction of sp³-hybridized carbons (Fsp3) is 0.846. The molecule has 94 valence electrons. The molecule has 0 heterocycles. The van der Waals surface area contributed by atoms with Crippen molar-refractivity contribution in [2.45, 2.75) is 72.3 Å². The van der Waals surface area contributed by atoms with Gasteiger partial charge >= 0.3 is 0 Å². The largest absolute Gasteiger partial charge is 0.415 e. The van der Waals surface area contributed by atoms with Crippen LogP contribution in [0.15, 0.2) is 10.6 Å². The quantitative estimate of drug-likeness (QED) is 0.526. The van der Waals surface area contributed by atoms with Crippen molar-refractivity contribution in [3.63, 3.8) is 0 Å². The van der Waals surface area contributed by atoms with Crippen LogP contribution in [-0.4, -0.2) is 25.8 Å². The van der Waals surface area contributed by atoms with Crippen molar-refractivity contribution in [2.75, 3.05) is 0 Å². The maximum atomic E-state index is 6.02. The van der Waals surface area contributed by atoms with Crippen LogP contribution in [0.5, 0.6) is 0 Å². The van der Waals surface area contributed by atoms with E-state index >= 15 is 0 Å². The normalized spacial score (nSPS) is 14.2. The van der Waals surface area contributed by atoms with E-state index in [0.717, 1.165) is 12.0 Å². The first-order valence-corrected chi connectivity index (χ1v) is 9.38. The highest BCUT2D eigenvalue weighted by Crippen LogP contribution is 2.20. The molecule has 0 rings (SSSR count). The third-order valence-electron chi connectivity index (χ3n) is 1.92. The number of rotatable bonds is 5. The Morgan fingerprint density at radius 1 is 1.31 bits per heavy atom. The molecule has 0 aliphatic heterocycles. The Balaban J connectivity index is 4.43. The summed E-state index contributed by atoms with van der Waals surface area (Å²) in [6.45, 7) is 17.1. The van der Waals surface area contributed by atoms with Crippen LogP contribution in [-0.2, 0) is 4.43 Å². The van der Waals surface area contributed by atoms with Crippen LogP contribution in [0.4, 0.5) is 0 Å². The Labute approximate surface area is 102 Å². The summed E-state index contributed by atoms with van der Waals surface area (Å²) >= 11 is 0. The molecule has 2 nitrogen and oxygen atoms in total. The molecule has 16 heavy (non-hydrogen) atoms. The summed E-state index contributed by atoms with van der Waals surface area (Å²) in [7, 11) is -1.43. The van der Waals surface area contributed by atoms with Gasteiger partial charge in [0.2, 0.25) is 0 Å². The summed E-state index contributed by atoms with van der Waals surface area (Å²) in [5, 5.41) is 0. The molecule has 0 radical (unpaired) electrons. The van der Waals surface area contributed by atoms with Crippen LogP contribution < -0.4 is 0 Å². The summed E-state index contributed by atoms with van der Waals surface area (Å²) in [4.78, 5) is 4.47. The van der Waals surface area contributed by atoms with E-state index in [-0.39, 0.29) is 11.6 Å². The highest BCUT2D eigenvalue weighted by atomic mass is 28.4. The van der Waals surface area contributed by atoms with Gasteiger partial charge in [0.15, 0.2) is 8.32 Å². The summed E-state index contributed by atoms with van der Waals surface area (Å²) in [5.41, 5.74) is 1.03. The van der Waals surface area contributed by atoms with Gasteiger partial charge in [-0.2, -0.15) is 0 Å². The Morgan fingerprint density at radius 3 is 2.19 bits per heavy atom. The number of aliphatic imine (C=N–C) groups is 1. The monoisotopic (exact) mass is 241 g/mol. The molecule has 0 aromatic heterocycles. The lowest BCUT2D eigenvalue weighted by atomic mass is 9.98. The van der Waals surface area contributed by atoms with Crippen LogP contribution >= 0.6 is 0 Å². The first-order chi connectivity index (χ1) is 7.02. The lowest BCUT2D eigenvalue weighted by Gasteiger charge is -2.28. The van der Waals surface area contributed by atoms with Gasteiger partial charge in [-0.3, -0.25) is 0 Å². The van der Waals surface area contributed by atoms with E-state index in [2.05, 4.69) is 51.3 Å². The number of hydrogen-bond donors (Lipinski definition) is 0. The van der Waals surface area contributed by atoms with E-state index in [4.69, 9.17) is 4.43 Å². The first-order valence-electron chi connectivity index (χ1n) is 5.98. The Kier molecular flexibility index (Phi) is 5.67. The zero-order chi connectivity index (χ0) is 13.0. The zero-order valence-electron chi connectivity index (χ0n) is 12.1. The molecule has 1 atom stereocenters. The van der Waals surface area contributed by atoms with Gasteiger partial charge < -0.3 is 4.43 Å². The smallest absolute Gasteiger partial charge is 0.184 e. The van der Waals surface area contributed by atoms with Gasteiger partial charge in [-0.1, -0.05) is 0 Å². The predicted molar refractivity (Wildman–Crippen MR) is 74.9 cm³/mol. The van der Waals surface area contributed by atoms with E-state index < -0.39 is 8.32 Å². The van der Waals surface area contributed by atoms with Crippen LogP contribution in [0.3, 0.4) is 0 Å². The van der Waals surface area contributed by atoms with Gasteiger partial charge in [0, 0.05) is 6.10 Å². The molecule has 0 unspecified atom stereocenters. The number of hydrogen-bond acceptors (Lipinski definition) is 2. The molecule has 0 saturated heterocycles. The average molecular weight is 241 g/mol. The third-order valence-corrected chi connectivity index (χ3v) is 3.03. The minimum absolute atomic E-state index is 0.0870. The Morgan fingerprint density at radius 2 is 1.81 bits per heavy atom. The second kappa shape index (κ2) is 5.81. The fourth-order valence-electron chi connectivity index (χ4n) is 1.66. The maximum absolute atomic E-state index is 6.02. The molecule has 0 aliphatic rings. The molecule has 0 aromatic rings. The highest BCUT2D eigenvalue weighted by Gasteiger charge is 2.24. The minimum atomic E-state index is -1.43. The van der Waals surface area contributed by atoms with Crippen LogP contribution in [0, 0.1) is 0 Å². The van der Waals surface area contributed by atoms with E-state index in [0.29, 0.717) is 0 Å². The summed E-state index contributed by atoms with van der Waals surface area (Å²) < 4.78 is 6.02. The van der Waals surface area contributed by atoms with Gasteiger partial charge in [-0.05, 0) is 72.1 Å². The van der Waals surface area contributed by atoms with Crippen molar-refractivity contribution in [3.8, 4) is 0 Å². The molecule has 0 amide bonds. The molecule has 0 fully saturated rings. The molecular formula is C13H27NOSi. The average Bonchev–Trinajstić information content (AvgIpc) is 1.95. The van der Waals surface area contributed by atoms with Crippen molar-refractivity contribution in [2.24, 2.45) is 4.99 Å². The van der Waals surface area contributed by atoms with E-state index in [1.54, 1.807) is 0 Å². The minimum Gasteiger partial charge on any atom is -0.415 e. The van der Waals surface area contributed by atoms with Gasteiger partial charge in [-0.15, -0.1) is 0 Å². The molecule has 0 spiro atoms. The molecular weight excluding hydrogens is 214 g/mol. The lowest BCUT2D eigenvalue weighted by Crippen LogP contribution is -2.34. The van der Waals surface area contributed by atoms with Crippen molar-refractivity contribution in [1.29, 1.82) is 0 Å². The summed E-state index contributed by atoms with van der Waals surface area (Å²) in [5.74, 6) is 3.05. The maximum Gasteiger partial charge on any atom is 0.184 e. The van der Waals surface area contributed by atoms with Crippen molar-refractivity contribution in [1.82, 2.24) is 0 Å². The second-order valence-electron chi connectivity index (χ2n) is 6.28. The Bertz CT molecular complexity index is 279. The number of nitrogens with zero attached hydrogens (tertiary/aromatic N) is 1. The fourth-order valence-corrected chi connectivity index (χ4v) is 2.95. The lowest BCUT2D eigenvalue weighted by molar-refractivity contribution is 0.177. The second-order valence-corrected chi connectivity index (χ2v) is 10.7. The zero-order valence-corrected chi connectivity index (χ0v) is 13.1. The molecule has 0 aliphatic carbocycles. The summed E-state index contributed by atoms with van der Waals surface area (Å²) in [6, 6.07) is 0. The molecule has 0 saturated carbocycles. The highest BCUT2D eigenvalue weighted by molar-refractivity contribution is 6.69. The Hall–Kier alpha value is -0.373. The van der Waals surface area contributed by atoms with Crippen LogP contribution in [0.2, 0.25) is 19.6 Å². The molecule has 0 N–H and O–H groups in total.